The largest absolute Gasteiger partial charge is 0.481 e. The molecule has 3 aromatic rings. The van der Waals surface area contributed by atoms with Crippen LogP contribution in [0.4, 0.5) is 5.95 Å². The van der Waals surface area contributed by atoms with Gasteiger partial charge in [-0.2, -0.15) is 4.98 Å². The fourth-order valence-electron chi connectivity index (χ4n) is 1.99. The molecule has 0 bridgehead atoms. The number of halogens is 2. The zero-order chi connectivity index (χ0) is 14.3. The first-order valence-corrected chi connectivity index (χ1v) is 6.49. The fraction of sp³-hybridized carbons (Fsp3) is 0.0769. The first kappa shape index (κ1) is 13.0. The third-order valence-corrected chi connectivity index (χ3v) is 3.26. The maximum atomic E-state index is 6.03. The van der Waals surface area contributed by atoms with Gasteiger partial charge in [0.15, 0.2) is 5.65 Å². The molecule has 5 nitrogen and oxygen atoms in total. The molecule has 0 radical (unpaired) electrons. The smallest absolute Gasteiger partial charge is 0.215 e. The average molecular weight is 309 g/mol. The number of benzene rings is 1. The number of aromatic nitrogens is 3. The molecule has 0 amide bonds. The van der Waals surface area contributed by atoms with E-state index in [0.717, 1.165) is 0 Å². The number of ether oxygens (including phenoxy) is 1. The SMILES string of the molecule is COc1ccc2nc(N)n(-c3cc(Cl)cc(Cl)c3)c2n1. The number of methoxy groups -OCH3 is 1. The number of hydrogen-bond acceptors (Lipinski definition) is 4. The molecule has 0 aliphatic heterocycles. The molecule has 1 aromatic carbocycles. The van der Waals surface area contributed by atoms with Crippen molar-refractivity contribution in [2.24, 2.45) is 0 Å². The van der Waals surface area contributed by atoms with Crippen molar-refractivity contribution in [1.29, 1.82) is 0 Å². The summed E-state index contributed by atoms with van der Waals surface area (Å²) in [6.45, 7) is 0. The highest BCUT2D eigenvalue weighted by molar-refractivity contribution is 6.34. The minimum absolute atomic E-state index is 0.305. The van der Waals surface area contributed by atoms with Crippen LogP contribution in [-0.4, -0.2) is 21.6 Å². The quantitative estimate of drug-likeness (QED) is 0.788. The van der Waals surface area contributed by atoms with Crippen molar-refractivity contribution in [3.8, 4) is 11.6 Å². The van der Waals surface area contributed by atoms with E-state index in [4.69, 9.17) is 33.7 Å². The van der Waals surface area contributed by atoms with Crippen LogP contribution < -0.4 is 10.5 Å². The molecule has 0 aliphatic rings. The molecule has 0 spiro atoms. The normalized spacial score (nSPS) is 10.9. The van der Waals surface area contributed by atoms with Gasteiger partial charge in [-0.05, 0) is 24.3 Å². The van der Waals surface area contributed by atoms with Gasteiger partial charge in [0.2, 0.25) is 11.8 Å². The van der Waals surface area contributed by atoms with Crippen molar-refractivity contribution in [3.05, 3.63) is 40.4 Å². The Morgan fingerprint density at radius 1 is 1.10 bits per heavy atom. The highest BCUT2D eigenvalue weighted by atomic mass is 35.5. The summed E-state index contributed by atoms with van der Waals surface area (Å²) in [6.07, 6.45) is 0. The van der Waals surface area contributed by atoms with Crippen molar-refractivity contribution in [2.45, 2.75) is 0 Å². The van der Waals surface area contributed by atoms with Gasteiger partial charge in [-0.15, -0.1) is 0 Å². The van der Waals surface area contributed by atoms with Crippen molar-refractivity contribution in [3.63, 3.8) is 0 Å². The summed E-state index contributed by atoms with van der Waals surface area (Å²) in [5, 5.41) is 1.02. The zero-order valence-electron chi connectivity index (χ0n) is 10.5. The lowest BCUT2D eigenvalue weighted by Crippen LogP contribution is -2.02. The molecule has 2 aromatic heterocycles. The first-order valence-electron chi connectivity index (χ1n) is 5.74. The number of nitrogens with zero attached hydrogens (tertiary/aromatic N) is 3. The number of hydrogen-bond donors (Lipinski definition) is 1. The van der Waals surface area contributed by atoms with E-state index in [-0.39, 0.29) is 0 Å². The Morgan fingerprint density at radius 2 is 1.80 bits per heavy atom. The first-order chi connectivity index (χ1) is 9.58. The molecule has 0 fully saturated rings. The molecule has 7 heteroatoms. The highest BCUT2D eigenvalue weighted by Crippen LogP contribution is 2.27. The predicted octanol–water partition coefficient (Wildman–Crippen LogP) is 3.32. The van der Waals surface area contributed by atoms with Crippen LogP contribution in [0.1, 0.15) is 0 Å². The summed E-state index contributed by atoms with van der Waals surface area (Å²) in [5.41, 5.74) is 7.91. The van der Waals surface area contributed by atoms with Gasteiger partial charge in [0, 0.05) is 16.1 Å². The number of rotatable bonds is 2. The van der Waals surface area contributed by atoms with Gasteiger partial charge in [0.25, 0.3) is 0 Å². The van der Waals surface area contributed by atoms with E-state index in [1.54, 1.807) is 42.0 Å². The second-order valence-electron chi connectivity index (χ2n) is 4.13. The molecular weight excluding hydrogens is 299 g/mol. The number of anilines is 1. The third kappa shape index (κ3) is 2.15. The molecule has 102 valence electrons. The molecular formula is C13H10Cl2N4O. The summed E-state index contributed by atoms with van der Waals surface area (Å²) in [5.74, 6) is 0.783. The fourth-order valence-corrected chi connectivity index (χ4v) is 2.51. The Bertz CT molecular complexity index is 780. The molecule has 0 unspecified atom stereocenters. The van der Waals surface area contributed by atoms with E-state index in [2.05, 4.69) is 9.97 Å². The maximum absolute atomic E-state index is 6.03. The third-order valence-electron chi connectivity index (χ3n) is 2.82. The van der Waals surface area contributed by atoms with E-state index in [1.807, 2.05) is 0 Å². The highest BCUT2D eigenvalue weighted by Gasteiger charge is 2.13. The van der Waals surface area contributed by atoms with Crippen molar-refractivity contribution in [2.75, 3.05) is 12.8 Å². The lowest BCUT2D eigenvalue weighted by molar-refractivity contribution is 0.399. The lowest BCUT2D eigenvalue weighted by Gasteiger charge is -2.07. The molecule has 3 rings (SSSR count). The van der Waals surface area contributed by atoms with Gasteiger partial charge >= 0.3 is 0 Å². The summed E-state index contributed by atoms with van der Waals surface area (Å²) >= 11 is 12.1. The van der Waals surface area contributed by atoms with Crippen molar-refractivity contribution in [1.82, 2.24) is 14.5 Å². The molecule has 2 heterocycles. The minimum Gasteiger partial charge on any atom is -0.481 e. The van der Waals surface area contributed by atoms with E-state index < -0.39 is 0 Å². The Labute approximate surface area is 124 Å². The molecule has 0 aliphatic carbocycles. The lowest BCUT2D eigenvalue weighted by atomic mass is 10.3. The molecule has 2 N–H and O–H groups in total. The standard InChI is InChI=1S/C13H10Cl2N4O/c1-20-11-3-2-10-12(18-11)19(13(16)17-10)9-5-7(14)4-8(15)6-9/h2-6H,1H3,(H2,16,17). The van der Waals surface area contributed by atoms with Gasteiger partial charge < -0.3 is 10.5 Å². The molecule has 0 saturated carbocycles. The number of fused-ring (bicyclic) bond motifs is 1. The molecule has 20 heavy (non-hydrogen) atoms. The van der Waals surface area contributed by atoms with Gasteiger partial charge in [0.1, 0.15) is 5.52 Å². The second-order valence-corrected chi connectivity index (χ2v) is 5.00. The minimum atomic E-state index is 0.305. The van der Waals surface area contributed by atoms with Crippen LogP contribution in [0.25, 0.3) is 16.9 Å². The monoisotopic (exact) mass is 308 g/mol. The van der Waals surface area contributed by atoms with Gasteiger partial charge in [-0.3, -0.25) is 4.57 Å². The number of nitrogen functional groups attached to an aromatic ring is 1. The van der Waals surface area contributed by atoms with Crippen LogP contribution in [0.15, 0.2) is 30.3 Å². The van der Waals surface area contributed by atoms with Crippen molar-refractivity contribution < 1.29 is 4.74 Å². The van der Waals surface area contributed by atoms with Crippen LogP contribution in [-0.2, 0) is 0 Å². The molecule has 0 atom stereocenters. The van der Waals surface area contributed by atoms with Gasteiger partial charge in [0.05, 0.1) is 12.8 Å². The number of pyridine rings is 1. The van der Waals surface area contributed by atoms with Crippen LogP contribution in [0.3, 0.4) is 0 Å². The van der Waals surface area contributed by atoms with E-state index in [0.29, 0.717) is 38.7 Å². The van der Waals surface area contributed by atoms with Gasteiger partial charge in [-0.1, -0.05) is 23.2 Å². The molecule has 0 saturated heterocycles. The van der Waals surface area contributed by atoms with E-state index >= 15 is 0 Å². The zero-order valence-corrected chi connectivity index (χ0v) is 12.0. The Morgan fingerprint density at radius 3 is 2.45 bits per heavy atom. The van der Waals surface area contributed by atoms with Crippen LogP contribution >= 0.6 is 23.2 Å². The summed E-state index contributed by atoms with van der Waals surface area (Å²) < 4.78 is 6.80. The predicted molar refractivity (Wildman–Crippen MR) is 79.8 cm³/mol. The maximum Gasteiger partial charge on any atom is 0.215 e. The van der Waals surface area contributed by atoms with Crippen LogP contribution in [0.2, 0.25) is 10.0 Å². The van der Waals surface area contributed by atoms with Crippen LogP contribution in [0, 0.1) is 0 Å². The summed E-state index contributed by atoms with van der Waals surface area (Å²) in [6, 6.07) is 8.65. The number of nitrogens with two attached hydrogens (primary N) is 1. The van der Waals surface area contributed by atoms with Gasteiger partial charge in [-0.25, -0.2) is 4.98 Å². The van der Waals surface area contributed by atoms with Crippen molar-refractivity contribution >= 4 is 40.3 Å². The van der Waals surface area contributed by atoms with Crippen LogP contribution in [0.5, 0.6) is 5.88 Å². The van der Waals surface area contributed by atoms with E-state index in [1.165, 1.54) is 0 Å². The summed E-state index contributed by atoms with van der Waals surface area (Å²) in [4.78, 5) is 8.62. The second kappa shape index (κ2) is 4.85. The Balaban J connectivity index is 2.31. The Kier molecular flexibility index (Phi) is 3.16. The number of imidazole rings is 1. The topological polar surface area (TPSA) is 66.0 Å². The van der Waals surface area contributed by atoms with E-state index in [9.17, 15) is 0 Å². The Hall–Kier alpha value is -1.98. The average Bonchev–Trinajstić information content (AvgIpc) is 2.72. The summed E-state index contributed by atoms with van der Waals surface area (Å²) in [7, 11) is 1.55.